The quantitative estimate of drug-likeness (QED) is 0.603. The summed E-state index contributed by atoms with van der Waals surface area (Å²) in [6, 6.07) is -1.74. The van der Waals surface area contributed by atoms with Crippen molar-refractivity contribution in [1.29, 1.82) is 0 Å². The number of rotatable bonds is 5. The number of urea groups is 1. The lowest BCUT2D eigenvalue weighted by molar-refractivity contribution is -0.158. The highest BCUT2D eigenvalue weighted by molar-refractivity contribution is 5.83. The van der Waals surface area contributed by atoms with Crippen molar-refractivity contribution in [3.8, 4) is 0 Å². The van der Waals surface area contributed by atoms with Crippen LogP contribution < -0.4 is 5.32 Å². The molecule has 0 radical (unpaired) electrons. The van der Waals surface area contributed by atoms with Gasteiger partial charge in [-0.05, 0) is 0 Å². The molecule has 9 nitrogen and oxygen atoms in total. The number of hydrogen-bond donors (Lipinski definition) is 2. The van der Waals surface area contributed by atoms with E-state index in [9.17, 15) is 14.4 Å². The molecule has 0 aromatic heterocycles. The summed E-state index contributed by atoms with van der Waals surface area (Å²) in [6.45, 7) is 0.303. The number of esters is 1. The van der Waals surface area contributed by atoms with Crippen LogP contribution in [0.1, 0.15) is 0 Å². The van der Waals surface area contributed by atoms with Crippen LogP contribution in [0, 0.1) is 0 Å². The minimum Gasteiger partial charge on any atom is -0.480 e. The summed E-state index contributed by atoms with van der Waals surface area (Å²) in [7, 11) is 2.56. The van der Waals surface area contributed by atoms with E-state index >= 15 is 0 Å². The number of carbonyl (C=O) groups excluding carboxylic acids is 2. The third-order valence-electron chi connectivity index (χ3n) is 2.75. The van der Waals surface area contributed by atoms with Crippen LogP contribution in [-0.4, -0.2) is 80.6 Å². The number of morpholine rings is 1. The maximum absolute atomic E-state index is 11.9. The molecular formula is C11H18N2O7. The molecule has 0 spiro atoms. The number of hydrogen-bond acceptors (Lipinski definition) is 6. The molecule has 1 heterocycles. The zero-order chi connectivity index (χ0) is 15.1. The van der Waals surface area contributed by atoms with E-state index < -0.39 is 30.1 Å². The maximum atomic E-state index is 11.9. The van der Waals surface area contributed by atoms with Crippen molar-refractivity contribution < 1.29 is 33.7 Å². The van der Waals surface area contributed by atoms with E-state index in [-0.39, 0.29) is 26.3 Å². The number of nitrogens with one attached hydrogen (secondary N) is 1. The molecule has 2 N–H and O–H groups in total. The van der Waals surface area contributed by atoms with Crippen molar-refractivity contribution in [2.75, 3.05) is 40.5 Å². The van der Waals surface area contributed by atoms with Gasteiger partial charge in [-0.25, -0.2) is 14.4 Å². The van der Waals surface area contributed by atoms with Gasteiger partial charge in [-0.2, -0.15) is 0 Å². The summed E-state index contributed by atoms with van der Waals surface area (Å²) < 4.78 is 14.4. The van der Waals surface area contributed by atoms with E-state index in [1.807, 2.05) is 0 Å². The number of carbonyl (C=O) groups is 3. The summed E-state index contributed by atoms with van der Waals surface area (Å²) in [4.78, 5) is 35.5. The highest BCUT2D eigenvalue weighted by Gasteiger charge is 2.31. The number of amides is 2. The fourth-order valence-corrected chi connectivity index (χ4v) is 1.69. The first kappa shape index (κ1) is 16.2. The van der Waals surface area contributed by atoms with Crippen LogP contribution in [0.3, 0.4) is 0 Å². The molecule has 1 aliphatic rings. The molecule has 0 aliphatic carbocycles. The standard InChI is InChI=1S/C11H18N2O7/c1-18-6-7(9(14)15)12-11(17)13-3-4-20-8(5-13)10(16)19-2/h7-8H,3-6H2,1-2H3,(H,12,17)(H,14,15). The first-order valence-electron chi connectivity index (χ1n) is 5.96. The van der Waals surface area contributed by atoms with Crippen molar-refractivity contribution >= 4 is 18.0 Å². The molecule has 1 saturated heterocycles. The lowest BCUT2D eigenvalue weighted by Gasteiger charge is -2.32. The van der Waals surface area contributed by atoms with Crippen LogP contribution in [0.2, 0.25) is 0 Å². The molecule has 2 atom stereocenters. The molecule has 1 rings (SSSR count). The van der Waals surface area contributed by atoms with Crippen LogP contribution in [0.25, 0.3) is 0 Å². The van der Waals surface area contributed by atoms with E-state index in [4.69, 9.17) is 14.6 Å². The average Bonchev–Trinajstić information content (AvgIpc) is 2.45. The first-order chi connectivity index (χ1) is 9.49. The fraction of sp³-hybridized carbons (Fsp3) is 0.727. The SMILES string of the molecule is COCC(NC(=O)N1CCOC(C(=O)OC)C1)C(=O)O. The predicted octanol–water partition coefficient (Wildman–Crippen LogP) is -1.33. The number of ether oxygens (including phenoxy) is 3. The largest absolute Gasteiger partial charge is 0.480 e. The van der Waals surface area contributed by atoms with Crippen LogP contribution >= 0.6 is 0 Å². The Kier molecular flexibility index (Phi) is 6.19. The third-order valence-corrected chi connectivity index (χ3v) is 2.75. The molecule has 0 saturated carbocycles. The van der Waals surface area contributed by atoms with E-state index in [0.717, 1.165) is 0 Å². The van der Waals surface area contributed by atoms with Gasteiger partial charge in [0.25, 0.3) is 0 Å². The number of carboxylic acids is 1. The molecule has 0 aromatic carbocycles. The smallest absolute Gasteiger partial charge is 0.336 e. The van der Waals surface area contributed by atoms with Gasteiger partial charge in [-0.15, -0.1) is 0 Å². The fourth-order valence-electron chi connectivity index (χ4n) is 1.69. The summed E-state index contributed by atoms with van der Waals surface area (Å²) in [5, 5.41) is 11.2. The second-order valence-electron chi connectivity index (χ2n) is 4.12. The lowest BCUT2D eigenvalue weighted by atomic mass is 10.2. The Morgan fingerprint density at radius 3 is 2.70 bits per heavy atom. The number of nitrogens with zero attached hydrogens (tertiary/aromatic N) is 1. The van der Waals surface area contributed by atoms with Gasteiger partial charge in [-0.3, -0.25) is 0 Å². The molecule has 20 heavy (non-hydrogen) atoms. The van der Waals surface area contributed by atoms with Crippen molar-refractivity contribution in [3.63, 3.8) is 0 Å². The van der Waals surface area contributed by atoms with Crippen LogP contribution in [0.4, 0.5) is 4.79 Å². The maximum Gasteiger partial charge on any atom is 0.336 e. The van der Waals surface area contributed by atoms with Crippen LogP contribution in [0.15, 0.2) is 0 Å². The van der Waals surface area contributed by atoms with Crippen molar-refractivity contribution in [3.05, 3.63) is 0 Å². The Bertz CT molecular complexity index is 374. The summed E-state index contributed by atoms with van der Waals surface area (Å²) >= 11 is 0. The summed E-state index contributed by atoms with van der Waals surface area (Å²) in [5.41, 5.74) is 0. The van der Waals surface area contributed by atoms with Gasteiger partial charge in [0.15, 0.2) is 12.1 Å². The van der Waals surface area contributed by atoms with Crippen LogP contribution in [-0.2, 0) is 23.8 Å². The minimum absolute atomic E-state index is 0.0117. The first-order valence-corrected chi connectivity index (χ1v) is 5.96. The lowest BCUT2D eigenvalue weighted by Crippen LogP contribution is -2.55. The molecule has 114 valence electrons. The average molecular weight is 290 g/mol. The van der Waals surface area contributed by atoms with Gasteiger partial charge >= 0.3 is 18.0 Å². The molecule has 0 aromatic rings. The number of aliphatic carboxylic acids is 1. The van der Waals surface area contributed by atoms with Gasteiger partial charge in [0, 0.05) is 13.7 Å². The minimum atomic E-state index is -1.20. The summed E-state index contributed by atoms with van der Waals surface area (Å²) in [5.74, 6) is -1.77. The Balaban J connectivity index is 2.57. The number of methoxy groups -OCH3 is 2. The second-order valence-corrected chi connectivity index (χ2v) is 4.12. The third kappa shape index (κ3) is 4.35. The van der Waals surface area contributed by atoms with E-state index in [1.165, 1.54) is 19.1 Å². The zero-order valence-corrected chi connectivity index (χ0v) is 11.3. The topological polar surface area (TPSA) is 114 Å². The molecular weight excluding hydrogens is 272 g/mol. The van der Waals surface area contributed by atoms with Gasteiger partial charge in [0.05, 0.1) is 26.9 Å². The Morgan fingerprint density at radius 2 is 2.15 bits per heavy atom. The van der Waals surface area contributed by atoms with E-state index in [0.29, 0.717) is 0 Å². The Hall–Kier alpha value is -1.87. The molecule has 1 aliphatic heterocycles. The predicted molar refractivity (Wildman–Crippen MR) is 65.2 cm³/mol. The van der Waals surface area contributed by atoms with Gasteiger partial charge in [0.1, 0.15) is 0 Å². The zero-order valence-electron chi connectivity index (χ0n) is 11.3. The summed E-state index contributed by atoms with van der Waals surface area (Å²) in [6.07, 6.45) is -0.856. The van der Waals surface area contributed by atoms with Crippen molar-refractivity contribution in [2.45, 2.75) is 12.1 Å². The van der Waals surface area contributed by atoms with Gasteiger partial charge in [0.2, 0.25) is 0 Å². The van der Waals surface area contributed by atoms with E-state index in [2.05, 4.69) is 10.1 Å². The van der Waals surface area contributed by atoms with E-state index in [1.54, 1.807) is 0 Å². The van der Waals surface area contributed by atoms with Gasteiger partial charge in [-0.1, -0.05) is 0 Å². The molecule has 1 fully saturated rings. The highest BCUT2D eigenvalue weighted by Crippen LogP contribution is 2.07. The van der Waals surface area contributed by atoms with Crippen molar-refractivity contribution in [2.24, 2.45) is 0 Å². The Labute approximate surface area is 115 Å². The van der Waals surface area contributed by atoms with Crippen LogP contribution in [0.5, 0.6) is 0 Å². The molecule has 2 unspecified atom stereocenters. The molecule has 0 bridgehead atoms. The monoisotopic (exact) mass is 290 g/mol. The number of carboxylic acid groups (broad SMARTS) is 1. The van der Waals surface area contributed by atoms with Gasteiger partial charge < -0.3 is 29.5 Å². The highest BCUT2D eigenvalue weighted by atomic mass is 16.6. The normalized spacial score (nSPS) is 20.1. The second kappa shape index (κ2) is 7.65. The Morgan fingerprint density at radius 1 is 1.45 bits per heavy atom. The van der Waals surface area contributed by atoms with Crippen molar-refractivity contribution in [1.82, 2.24) is 10.2 Å². The molecule has 9 heteroatoms. The molecule has 2 amide bonds.